The number of amides is 1. The predicted octanol–water partition coefficient (Wildman–Crippen LogP) is 5.69. The van der Waals surface area contributed by atoms with Gasteiger partial charge in [0.2, 0.25) is 10.0 Å². The van der Waals surface area contributed by atoms with Crippen molar-refractivity contribution in [2.45, 2.75) is 81.1 Å². The lowest BCUT2D eigenvalue weighted by Crippen LogP contribution is -2.62. The lowest BCUT2D eigenvalue weighted by atomic mass is 9.63. The van der Waals surface area contributed by atoms with Crippen molar-refractivity contribution in [1.82, 2.24) is 14.5 Å². The molecule has 11 nitrogen and oxygen atoms in total. The SMILES string of the molecule is CCO[C@@]1(CN2CCN3CCOC[C@@H]3C2)/C=C/C[C@H](C)[C@@H](CCOC)S(=O)(=O)NC(=O)c2ccc3c(c2)N(C[C@@H]2CC[C@H]21)C[C@@]1(CCCc2cc(Cl)ccc21)CO3. The van der Waals surface area contributed by atoms with E-state index in [1.54, 1.807) is 13.2 Å². The summed E-state index contributed by atoms with van der Waals surface area (Å²) in [5, 5.41) is -0.0928. The van der Waals surface area contributed by atoms with Crippen LogP contribution >= 0.6 is 11.6 Å². The Morgan fingerprint density at radius 3 is 2.77 bits per heavy atom. The van der Waals surface area contributed by atoms with Crippen LogP contribution in [0.15, 0.2) is 48.6 Å². The number of nitrogens with one attached hydrogen (secondary N) is 1. The van der Waals surface area contributed by atoms with Gasteiger partial charge in [-0.25, -0.2) is 13.1 Å². The molecule has 4 aliphatic heterocycles. The minimum atomic E-state index is -4.08. The maximum atomic E-state index is 14.1. The zero-order valence-electron chi connectivity index (χ0n) is 33.9. The Morgan fingerprint density at radius 2 is 1.96 bits per heavy atom. The summed E-state index contributed by atoms with van der Waals surface area (Å²) >= 11 is 6.54. The van der Waals surface area contributed by atoms with Gasteiger partial charge in [0.15, 0.2) is 0 Å². The molecule has 1 N–H and O–H groups in total. The normalized spacial score (nSPS) is 33.8. The molecule has 57 heavy (non-hydrogen) atoms. The largest absolute Gasteiger partial charge is 0.490 e. The molecule has 312 valence electrons. The number of anilines is 1. The number of carbonyl (C=O) groups is 1. The highest BCUT2D eigenvalue weighted by Crippen LogP contribution is 2.49. The van der Waals surface area contributed by atoms with Crippen LogP contribution in [0.1, 0.15) is 73.9 Å². The predicted molar refractivity (Wildman–Crippen MR) is 223 cm³/mol. The molecule has 0 radical (unpaired) electrons. The Balaban J connectivity index is 1.21. The van der Waals surface area contributed by atoms with Gasteiger partial charge >= 0.3 is 0 Å². The summed E-state index contributed by atoms with van der Waals surface area (Å²) in [6.07, 6.45) is 10.3. The lowest BCUT2D eigenvalue weighted by Gasteiger charge is -2.53. The van der Waals surface area contributed by atoms with Crippen molar-refractivity contribution in [3.05, 3.63) is 70.3 Å². The van der Waals surface area contributed by atoms with Crippen LogP contribution in [0, 0.1) is 17.8 Å². The Bertz CT molecular complexity index is 1910. The van der Waals surface area contributed by atoms with Crippen LogP contribution in [0.25, 0.3) is 0 Å². The summed E-state index contributed by atoms with van der Waals surface area (Å²) in [5.41, 5.74) is 2.81. The molecule has 3 fully saturated rings. The van der Waals surface area contributed by atoms with E-state index in [0.717, 1.165) is 95.3 Å². The fourth-order valence-electron chi connectivity index (χ4n) is 10.9. The number of benzene rings is 2. The Hall–Kier alpha value is -2.71. The summed E-state index contributed by atoms with van der Waals surface area (Å²) in [6, 6.07) is 12.0. The van der Waals surface area contributed by atoms with E-state index in [9.17, 15) is 13.2 Å². The van der Waals surface area contributed by atoms with Crippen molar-refractivity contribution in [2.24, 2.45) is 17.8 Å². The average Bonchev–Trinajstić information content (AvgIpc) is 3.32. The smallest absolute Gasteiger partial charge is 0.264 e. The first-order valence-corrected chi connectivity index (χ1v) is 23.2. The summed E-state index contributed by atoms with van der Waals surface area (Å²) < 4.78 is 55.8. The monoisotopic (exact) mass is 824 g/mol. The van der Waals surface area contributed by atoms with Crippen molar-refractivity contribution < 1.29 is 32.2 Å². The standard InChI is InChI=1S/C44H61ClN4O7S/c1-4-56-44(29-47-18-19-48-20-22-54-27-36(48)26-47)17-5-7-31(2)41(15-21-53-3)57(51,52)46-42(50)33-10-14-40-39(24-33)49(25-34-9-12-38(34)44)28-43(30-55-40)16-6-8-32-23-35(45)11-13-37(32)43/h5,10-11,13-14,17,23-24,31,34,36,38,41H,4,6-9,12,15-16,18-22,25-30H2,1-3H3,(H,46,50)/b17-5+/t31-,34-,36-,38+,41+,43-,44+/m0/s1. The van der Waals surface area contributed by atoms with Gasteiger partial charge in [0.25, 0.3) is 5.91 Å². The van der Waals surface area contributed by atoms with Crippen LogP contribution in [0.2, 0.25) is 5.02 Å². The molecule has 0 aromatic heterocycles. The second-order valence-electron chi connectivity index (χ2n) is 17.5. The maximum Gasteiger partial charge on any atom is 0.264 e. The van der Waals surface area contributed by atoms with Gasteiger partial charge in [0.05, 0.1) is 30.8 Å². The van der Waals surface area contributed by atoms with Gasteiger partial charge in [-0.3, -0.25) is 14.6 Å². The van der Waals surface area contributed by atoms with Crippen molar-refractivity contribution in [3.63, 3.8) is 0 Å². The summed E-state index contributed by atoms with van der Waals surface area (Å²) in [5.74, 6) is 0.341. The molecular formula is C44H61ClN4O7S. The van der Waals surface area contributed by atoms with Crippen LogP contribution in [-0.2, 0) is 36.1 Å². The highest BCUT2D eigenvalue weighted by atomic mass is 35.5. The number of methoxy groups -OCH3 is 1. The van der Waals surface area contributed by atoms with Gasteiger partial charge in [-0.1, -0.05) is 36.7 Å². The molecule has 6 aliphatic rings. The van der Waals surface area contributed by atoms with Crippen molar-refractivity contribution in [3.8, 4) is 5.75 Å². The average molecular weight is 826 g/mol. The number of halogens is 1. The molecule has 1 spiro atoms. The molecule has 2 aromatic rings. The molecule has 7 atom stereocenters. The molecule has 0 unspecified atom stereocenters. The van der Waals surface area contributed by atoms with Crippen LogP contribution in [-0.4, -0.2) is 127 Å². The quantitative estimate of drug-likeness (QED) is 0.350. The summed E-state index contributed by atoms with van der Waals surface area (Å²) in [6.45, 7) is 13.0. The molecular weight excluding hydrogens is 764 g/mol. The molecule has 13 heteroatoms. The topological polar surface area (TPSA) is 110 Å². The number of piperazine rings is 1. The number of aryl methyl sites for hydroxylation is 1. The van der Waals surface area contributed by atoms with Crippen LogP contribution in [0.4, 0.5) is 5.69 Å². The van der Waals surface area contributed by atoms with E-state index in [-0.39, 0.29) is 30.3 Å². The number of morpholine rings is 1. The number of nitrogens with zero attached hydrogens (tertiary/aromatic N) is 3. The van der Waals surface area contributed by atoms with Crippen molar-refractivity contribution >= 4 is 33.2 Å². The number of hydrogen-bond acceptors (Lipinski definition) is 10. The number of fused-ring (bicyclic) bond motifs is 5. The zero-order valence-corrected chi connectivity index (χ0v) is 35.5. The third-order valence-electron chi connectivity index (χ3n) is 14.0. The van der Waals surface area contributed by atoms with Crippen LogP contribution in [0.3, 0.4) is 0 Å². The molecule has 2 aliphatic carbocycles. The Morgan fingerprint density at radius 1 is 1.09 bits per heavy atom. The third-order valence-corrected chi connectivity index (χ3v) is 16.2. The highest BCUT2D eigenvalue weighted by Gasteiger charge is 2.50. The van der Waals surface area contributed by atoms with Gasteiger partial charge in [-0.05, 0) is 111 Å². The lowest BCUT2D eigenvalue weighted by molar-refractivity contribution is -0.121. The van der Waals surface area contributed by atoms with Crippen LogP contribution < -0.4 is 14.4 Å². The van der Waals surface area contributed by atoms with Gasteiger partial charge in [0.1, 0.15) is 11.4 Å². The molecule has 1 saturated carbocycles. The number of ether oxygens (including phenoxy) is 4. The van der Waals surface area contributed by atoms with E-state index < -0.39 is 26.8 Å². The summed E-state index contributed by atoms with van der Waals surface area (Å²) in [7, 11) is -2.50. The van der Waals surface area contributed by atoms with Crippen molar-refractivity contribution in [1.29, 1.82) is 0 Å². The second-order valence-corrected chi connectivity index (χ2v) is 19.9. The fourth-order valence-corrected chi connectivity index (χ4v) is 12.8. The molecule has 8 rings (SSSR count). The molecule has 4 heterocycles. The first kappa shape index (κ1) is 41.0. The van der Waals surface area contributed by atoms with E-state index in [2.05, 4.69) is 50.6 Å². The fraction of sp³-hybridized carbons (Fsp3) is 0.659. The van der Waals surface area contributed by atoms with Crippen LogP contribution in [0.5, 0.6) is 5.75 Å². The van der Waals surface area contributed by atoms with Gasteiger partial charge in [-0.2, -0.15) is 0 Å². The minimum Gasteiger partial charge on any atom is -0.490 e. The number of hydrogen-bond donors (Lipinski definition) is 1. The first-order chi connectivity index (χ1) is 27.5. The van der Waals surface area contributed by atoms with E-state index >= 15 is 0 Å². The maximum absolute atomic E-state index is 14.1. The van der Waals surface area contributed by atoms with E-state index in [1.807, 2.05) is 25.1 Å². The molecule has 2 bridgehead atoms. The van der Waals surface area contributed by atoms with Gasteiger partial charge in [-0.15, -0.1) is 0 Å². The second kappa shape index (κ2) is 17.1. The van der Waals surface area contributed by atoms with Crippen molar-refractivity contribution in [2.75, 3.05) is 90.9 Å². The highest BCUT2D eigenvalue weighted by molar-refractivity contribution is 7.90. The van der Waals surface area contributed by atoms with Gasteiger partial charge in [0, 0.05) is 88.2 Å². The summed E-state index contributed by atoms with van der Waals surface area (Å²) in [4.78, 5) is 21.5. The molecule has 1 amide bonds. The minimum absolute atomic E-state index is 0.234. The molecule has 2 aromatic carbocycles. The molecule has 2 saturated heterocycles. The Labute approximate surface area is 344 Å². The third kappa shape index (κ3) is 8.39. The number of sulfonamides is 1. The first-order valence-electron chi connectivity index (χ1n) is 21.2. The number of carbonyl (C=O) groups excluding carboxylic acids is 1. The number of allylic oxidation sites excluding steroid dienone is 1. The van der Waals surface area contributed by atoms with E-state index in [1.165, 1.54) is 11.1 Å². The zero-order chi connectivity index (χ0) is 39.8. The van der Waals surface area contributed by atoms with E-state index in [0.29, 0.717) is 49.5 Å². The Kier molecular flexibility index (Phi) is 12.3. The van der Waals surface area contributed by atoms with Gasteiger partial charge < -0.3 is 23.8 Å². The van der Waals surface area contributed by atoms with E-state index in [4.69, 9.17) is 30.5 Å². The number of rotatable bonds is 7.